The number of hydrogen-bond donors (Lipinski definition) is 0. The van der Waals surface area contributed by atoms with Crippen LogP contribution in [0.4, 0.5) is 0 Å². The molecular formula is C22H24O2S2. The first-order valence-corrected chi connectivity index (χ1v) is 11.5. The Morgan fingerprint density at radius 3 is 1.85 bits per heavy atom. The number of thiophene rings is 1. The average molecular weight is 385 g/mol. The van der Waals surface area contributed by atoms with E-state index in [1.54, 1.807) is 25.2 Å². The molecular weight excluding hydrogens is 360 g/mol. The van der Waals surface area contributed by atoms with Gasteiger partial charge in [-0.05, 0) is 60.4 Å². The molecule has 0 N–H and O–H groups in total. The average Bonchev–Trinajstić information content (AvgIpc) is 3.16. The standard InChI is InChI=1S/C22H24O2S2/c1-17(2)26(23,24)16-20-9-7-18(8-10-20)5-6-19-11-13-21(14-12-19)22-4-3-15-25-22/h3-4,7-15,17H,5-6,16H2,1-2H3. The third-order valence-corrected chi connectivity index (χ3v) is 7.66. The van der Waals surface area contributed by atoms with Gasteiger partial charge in [0.05, 0.1) is 11.0 Å². The van der Waals surface area contributed by atoms with Crippen molar-refractivity contribution < 1.29 is 8.42 Å². The molecule has 136 valence electrons. The normalized spacial score (nSPS) is 11.8. The lowest BCUT2D eigenvalue weighted by Crippen LogP contribution is -2.15. The van der Waals surface area contributed by atoms with Crippen LogP contribution in [0.15, 0.2) is 66.0 Å². The molecule has 26 heavy (non-hydrogen) atoms. The van der Waals surface area contributed by atoms with E-state index in [2.05, 4.69) is 41.8 Å². The molecule has 1 heterocycles. The van der Waals surface area contributed by atoms with E-state index in [0.29, 0.717) is 0 Å². The topological polar surface area (TPSA) is 34.1 Å². The Hall–Kier alpha value is -1.91. The summed E-state index contributed by atoms with van der Waals surface area (Å²) >= 11 is 1.76. The van der Waals surface area contributed by atoms with Crippen molar-refractivity contribution in [1.29, 1.82) is 0 Å². The predicted molar refractivity (Wildman–Crippen MR) is 111 cm³/mol. The first-order chi connectivity index (χ1) is 12.4. The van der Waals surface area contributed by atoms with Crippen LogP contribution >= 0.6 is 11.3 Å². The van der Waals surface area contributed by atoms with E-state index in [0.717, 1.165) is 18.4 Å². The summed E-state index contributed by atoms with van der Waals surface area (Å²) in [5.41, 5.74) is 4.68. The Balaban J connectivity index is 1.58. The third kappa shape index (κ3) is 4.83. The molecule has 0 atom stereocenters. The number of benzene rings is 2. The second-order valence-corrected chi connectivity index (χ2v) is 10.4. The Kier molecular flexibility index (Phi) is 5.94. The molecule has 1 aromatic heterocycles. The molecule has 2 nitrogen and oxygen atoms in total. The molecule has 0 aliphatic heterocycles. The van der Waals surface area contributed by atoms with E-state index in [-0.39, 0.29) is 11.0 Å². The summed E-state index contributed by atoms with van der Waals surface area (Å²) in [6.07, 6.45) is 1.93. The van der Waals surface area contributed by atoms with Gasteiger partial charge in [0.1, 0.15) is 0 Å². The van der Waals surface area contributed by atoms with Gasteiger partial charge in [0.15, 0.2) is 9.84 Å². The third-order valence-electron chi connectivity index (χ3n) is 4.57. The minimum atomic E-state index is -3.04. The zero-order chi connectivity index (χ0) is 18.6. The summed E-state index contributed by atoms with van der Waals surface area (Å²) in [6, 6.07) is 20.9. The van der Waals surface area contributed by atoms with Crippen molar-refractivity contribution in [3.63, 3.8) is 0 Å². The summed E-state index contributed by atoms with van der Waals surface area (Å²) < 4.78 is 24.0. The number of hydrogen-bond acceptors (Lipinski definition) is 3. The summed E-state index contributed by atoms with van der Waals surface area (Å²) in [5, 5.41) is 1.76. The molecule has 3 aromatic rings. The second kappa shape index (κ2) is 8.19. The van der Waals surface area contributed by atoms with Gasteiger partial charge >= 0.3 is 0 Å². The van der Waals surface area contributed by atoms with Gasteiger partial charge in [-0.2, -0.15) is 0 Å². The van der Waals surface area contributed by atoms with E-state index in [1.165, 1.54) is 21.6 Å². The first-order valence-electron chi connectivity index (χ1n) is 8.86. The van der Waals surface area contributed by atoms with Crippen molar-refractivity contribution in [3.8, 4) is 10.4 Å². The van der Waals surface area contributed by atoms with Gasteiger partial charge in [0, 0.05) is 4.88 Å². The highest BCUT2D eigenvalue weighted by molar-refractivity contribution is 7.91. The fraction of sp³-hybridized carbons (Fsp3) is 0.273. The zero-order valence-electron chi connectivity index (χ0n) is 15.2. The molecule has 2 aromatic carbocycles. The van der Waals surface area contributed by atoms with Gasteiger partial charge in [-0.25, -0.2) is 8.42 Å². The van der Waals surface area contributed by atoms with Crippen LogP contribution in [-0.2, 0) is 28.4 Å². The monoisotopic (exact) mass is 384 g/mol. The highest BCUT2D eigenvalue weighted by Gasteiger charge is 2.16. The maximum Gasteiger partial charge on any atom is 0.156 e. The van der Waals surface area contributed by atoms with E-state index >= 15 is 0 Å². The number of rotatable bonds is 7. The second-order valence-electron chi connectivity index (χ2n) is 6.85. The lowest BCUT2D eigenvalue weighted by molar-refractivity contribution is 0.586. The largest absolute Gasteiger partial charge is 0.228 e. The van der Waals surface area contributed by atoms with E-state index in [4.69, 9.17) is 0 Å². The predicted octanol–water partition coefficient (Wildman–Crippen LogP) is 5.52. The minimum Gasteiger partial charge on any atom is -0.228 e. The summed E-state index contributed by atoms with van der Waals surface area (Å²) in [7, 11) is -3.04. The molecule has 0 fully saturated rings. The maximum atomic E-state index is 12.0. The SMILES string of the molecule is CC(C)S(=O)(=O)Cc1ccc(CCc2ccc(-c3cccs3)cc2)cc1. The quantitative estimate of drug-likeness (QED) is 0.537. The van der Waals surface area contributed by atoms with Gasteiger partial charge in [0.25, 0.3) is 0 Å². The molecule has 0 aliphatic carbocycles. The van der Waals surface area contributed by atoms with Crippen molar-refractivity contribution >= 4 is 21.2 Å². The Morgan fingerprint density at radius 2 is 1.35 bits per heavy atom. The number of sulfone groups is 1. The molecule has 0 amide bonds. The lowest BCUT2D eigenvalue weighted by Gasteiger charge is -2.09. The fourth-order valence-corrected chi connectivity index (χ4v) is 4.49. The van der Waals surface area contributed by atoms with Crippen LogP contribution in [0.5, 0.6) is 0 Å². The Bertz CT molecular complexity index is 921. The minimum absolute atomic E-state index is 0.120. The highest BCUT2D eigenvalue weighted by Crippen LogP contribution is 2.25. The summed E-state index contributed by atoms with van der Waals surface area (Å²) in [4.78, 5) is 1.29. The van der Waals surface area contributed by atoms with Crippen LogP contribution in [-0.4, -0.2) is 13.7 Å². The smallest absolute Gasteiger partial charge is 0.156 e. The molecule has 0 aliphatic rings. The molecule has 0 radical (unpaired) electrons. The Labute approximate surface area is 160 Å². The molecule has 4 heteroatoms. The van der Waals surface area contributed by atoms with Crippen LogP contribution in [0.1, 0.15) is 30.5 Å². The van der Waals surface area contributed by atoms with Crippen molar-refractivity contribution in [2.75, 3.05) is 0 Å². The van der Waals surface area contributed by atoms with Crippen molar-refractivity contribution in [2.45, 2.75) is 37.7 Å². The molecule has 0 unspecified atom stereocenters. The summed E-state index contributed by atoms with van der Waals surface area (Å²) in [5.74, 6) is 0.120. The van der Waals surface area contributed by atoms with Crippen LogP contribution in [0, 0.1) is 0 Å². The first kappa shape index (κ1) is 18.9. The van der Waals surface area contributed by atoms with Crippen LogP contribution in [0.3, 0.4) is 0 Å². The number of aryl methyl sites for hydroxylation is 2. The van der Waals surface area contributed by atoms with Gasteiger partial charge in [-0.15, -0.1) is 11.3 Å². The Morgan fingerprint density at radius 1 is 0.808 bits per heavy atom. The maximum absolute atomic E-state index is 12.0. The van der Waals surface area contributed by atoms with Crippen molar-refractivity contribution in [3.05, 3.63) is 82.7 Å². The van der Waals surface area contributed by atoms with E-state index < -0.39 is 9.84 Å². The molecule has 0 saturated carbocycles. The van der Waals surface area contributed by atoms with Crippen molar-refractivity contribution in [1.82, 2.24) is 0 Å². The van der Waals surface area contributed by atoms with Gasteiger partial charge in [-0.3, -0.25) is 0 Å². The van der Waals surface area contributed by atoms with Gasteiger partial charge < -0.3 is 0 Å². The molecule has 0 saturated heterocycles. The van der Waals surface area contributed by atoms with Crippen LogP contribution in [0.2, 0.25) is 0 Å². The molecule has 0 bridgehead atoms. The zero-order valence-corrected chi connectivity index (χ0v) is 16.8. The van der Waals surface area contributed by atoms with Crippen LogP contribution < -0.4 is 0 Å². The van der Waals surface area contributed by atoms with Gasteiger partial charge in [0.2, 0.25) is 0 Å². The van der Waals surface area contributed by atoms with Crippen LogP contribution in [0.25, 0.3) is 10.4 Å². The van der Waals surface area contributed by atoms with E-state index in [1.807, 2.05) is 24.3 Å². The van der Waals surface area contributed by atoms with E-state index in [9.17, 15) is 8.42 Å². The lowest BCUT2D eigenvalue weighted by atomic mass is 10.0. The molecule has 3 rings (SSSR count). The fourth-order valence-electron chi connectivity index (χ4n) is 2.77. The summed E-state index contributed by atoms with van der Waals surface area (Å²) in [6.45, 7) is 3.46. The van der Waals surface area contributed by atoms with Gasteiger partial charge in [-0.1, -0.05) is 54.6 Å². The highest BCUT2D eigenvalue weighted by atomic mass is 32.2. The van der Waals surface area contributed by atoms with Crippen molar-refractivity contribution in [2.24, 2.45) is 0 Å². The molecule has 0 spiro atoms.